The summed E-state index contributed by atoms with van der Waals surface area (Å²) in [6, 6.07) is 15.1. The molecule has 0 aliphatic heterocycles. The number of benzene rings is 3. The van der Waals surface area contributed by atoms with Gasteiger partial charge in [0.25, 0.3) is 5.91 Å². The molecule has 34 heavy (non-hydrogen) atoms. The van der Waals surface area contributed by atoms with Crippen molar-refractivity contribution in [1.82, 2.24) is 0 Å². The van der Waals surface area contributed by atoms with E-state index in [1.165, 1.54) is 12.1 Å². The van der Waals surface area contributed by atoms with Gasteiger partial charge in [-0.1, -0.05) is 29.3 Å². The molecule has 10 heteroatoms. The summed E-state index contributed by atoms with van der Waals surface area (Å²) in [5.74, 6) is -1.89. The predicted octanol–water partition coefficient (Wildman–Crippen LogP) is 7.42. The molecule has 5 nitrogen and oxygen atoms in total. The van der Waals surface area contributed by atoms with Crippen molar-refractivity contribution in [2.45, 2.75) is 17.2 Å². The Kier molecular flexibility index (Phi) is 7.09. The van der Waals surface area contributed by atoms with E-state index in [4.69, 9.17) is 52.1 Å². The van der Waals surface area contributed by atoms with Crippen molar-refractivity contribution < 1.29 is 9.59 Å². The molecule has 1 saturated carbocycles. The second-order valence-corrected chi connectivity index (χ2v) is 11.1. The highest BCUT2D eigenvalue weighted by Crippen LogP contribution is 2.65. The van der Waals surface area contributed by atoms with Gasteiger partial charge in [-0.25, -0.2) is 0 Å². The fourth-order valence-corrected chi connectivity index (χ4v) is 5.33. The van der Waals surface area contributed by atoms with Gasteiger partial charge in [-0.3, -0.25) is 9.59 Å². The van der Waals surface area contributed by atoms with Crippen LogP contribution in [0.1, 0.15) is 27.4 Å². The lowest BCUT2D eigenvalue weighted by Gasteiger charge is -2.12. The Labute approximate surface area is 225 Å². The van der Waals surface area contributed by atoms with Crippen molar-refractivity contribution in [2.75, 3.05) is 16.4 Å². The van der Waals surface area contributed by atoms with E-state index in [9.17, 15) is 9.59 Å². The van der Waals surface area contributed by atoms with E-state index in [1.54, 1.807) is 42.5 Å². The monoisotopic (exact) mass is 599 g/mol. The van der Waals surface area contributed by atoms with E-state index in [0.29, 0.717) is 26.6 Å². The average Bonchev–Trinajstić information content (AvgIpc) is 3.35. The Bertz CT molecular complexity index is 1320. The van der Waals surface area contributed by atoms with Crippen LogP contribution in [0.4, 0.5) is 17.1 Å². The molecule has 0 heterocycles. The first kappa shape index (κ1) is 25.1. The number of rotatable bonds is 5. The van der Waals surface area contributed by atoms with Gasteiger partial charge in [0, 0.05) is 27.5 Å². The molecule has 1 fully saturated rings. The Morgan fingerprint density at radius 2 is 1.68 bits per heavy atom. The van der Waals surface area contributed by atoms with Crippen LogP contribution in [0.2, 0.25) is 10.0 Å². The van der Waals surface area contributed by atoms with E-state index in [-0.39, 0.29) is 16.5 Å². The molecule has 2 amide bonds. The molecule has 3 aromatic rings. The van der Waals surface area contributed by atoms with Crippen molar-refractivity contribution in [3.05, 3.63) is 85.8 Å². The molecule has 3 aromatic carbocycles. The number of aryl methyl sites for hydroxylation is 1. The van der Waals surface area contributed by atoms with Gasteiger partial charge < -0.3 is 16.4 Å². The van der Waals surface area contributed by atoms with Crippen molar-refractivity contribution in [3.8, 4) is 0 Å². The third-order valence-corrected chi connectivity index (χ3v) is 8.10. The first-order valence-corrected chi connectivity index (χ1v) is 12.4. The van der Waals surface area contributed by atoms with Gasteiger partial charge in [-0.2, -0.15) is 0 Å². The second kappa shape index (κ2) is 9.59. The first-order valence-electron chi connectivity index (χ1n) is 10.1. The van der Waals surface area contributed by atoms with Crippen LogP contribution >= 0.6 is 62.3 Å². The van der Waals surface area contributed by atoms with Gasteiger partial charge in [0.1, 0.15) is 4.33 Å². The fourth-order valence-electron chi connectivity index (χ4n) is 3.79. The highest BCUT2D eigenvalue weighted by atomic mass is 79.9. The molecule has 0 saturated heterocycles. The second-order valence-electron chi connectivity index (χ2n) is 8.02. The Morgan fingerprint density at radius 3 is 2.35 bits per heavy atom. The largest absolute Gasteiger partial charge is 0.399 e. The maximum absolute atomic E-state index is 13.0. The number of hydrogen-bond donors (Lipinski definition) is 3. The third-order valence-electron chi connectivity index (χ3n) is 5.62. The molecule has 0 bridgehead atoms. The number of nitrogen functional groups attached to an aromatic ring is 1. The van der Waals surface area contributed by atoms with Crippen LogP contribution in [-0.2, 0) is 4.79 Å². The van der Waals surface area contributed by atoms with E-state index in [1.807, 2.05) is 6.92 Å². The zero-order chi connectivity index (χ0) is 24.8. The summed E-state index contributed by atoms with van der Waals surface area (Å²) in [7, 11) is 0. The van der Waals surface area contributed by atoms with E-state index >= 15 is 0 Å². The van der Waals surface area contributed by atoms with Crippen LogP contribution in [0.3, 0.4) is 0 Å². The number of alkyl halides is 2. The lowest BCUT2D eigenvalue weighted by Crippen LogP contribution is -2.18. The fraction of sp³-hybridized carbons (Fsp3) is 0.167. The van der Waals surface area contributed by atoms with Crippen LogP contribution < -0.4 is 16.4 Å². The summed E-state index contributed by atoms with van der Waals surface area (Å²) in [4.78, 5) is 25.9. The summed E-state index contributed by atoms with van der Waals surface area (Å²) >= 11 is 28.6. The standard InChI is InChI=1S/C24H18BrCl4N3O2/c1-11-8-13(30)3-7-19(11)32-22(33)15-10-14(4-6-17(15)26)31-23(34)21-20(24(21,28)29)12-2-5-18(27)16(25)9-12/h2-10,20-21H,30H2,1H3,(H,31,34)(H,32,33). The van der Waals surface area contributed by atoms with Crippen LogP contribution in [0.25, 0.3) is 0 Å². The van der Waals surface area contributed by atoms with Crippen LogP contribution in [0, 0.1) is 12.8 Å². The summed E-state index contributed by atoms with van der Waals surface area (Å²) in [6.07, 6.45) is 0. The number of anilines is 3. The van der Waals surface area contributed by atoms with E-state index < -0.39 is 22.1 Å². The van der Waals surface area contributed by atoms with Crippen LogP contribution in [-0.4, -0.2) is 16.1 Å². The number of carbonyl (C=O) groups excluding carboxylic acids is 2. The lowest BCUT2D eigenvalue weighted by molar-refractivity contribution is -0.117. The molecule has 176 valence electrons. The quantitative estimate of drug-likeness (QED) is 0.210. The Hall–Kier alpha value is -1.96. The lowest BCUT2D eigenvalue weighted by atomic mass is 10.1. The minimum Gasteiger partial charge on any atom is -0.399 e. The topological polar surface area (TPSA) is 84.2 Å². The minimum atomic E-state index is -1.27. The molecule has 2 atom stereocenters. The van der Waals surface area contributed by atoms with E-state index in [0.717, 1.165) is 11.1 Å². The van der Waals surface area contributed by atoms with Gasteiger partial charge in [-0.15, -0.1) is 23.2 Å². The molecule has 0 radical (unpaired) electrons. The predicted molar refractivity (Wildman–Crippen MR) is 143 cm³/mol. The van der Waals surface area contributed by atoms with Crippen LogP contribution in [0.5, 0.6) is 0 Å². The zero-order valence-electron chi connectivity index (χ0n) is 17.6. The van der Waals surface area contributed by atoms with Crippen molar-refractivity contribution in [2.24, 2.45) is 5.92 Å². The highest BCUT2D eigenvalue weighted by molar-refractivity contribution is 9.10. The minimum absolute atomic E-state index is 0.202. The summed E-state index contributed by atoms with van der Waals surface area (Å²) in [5, 5.41) is 6.38. The SMILES string of the molecule is Cc1cc(N)ccc1NC(=O)c1cc(NC(=O)C2C(c3ccc(Cl)c(Br)c3)C2(Cl)Cl)ccc1Cl. The number of hydrogen-bond acceptors (Lipinski definition) is 3. The van der Waals surface area contributed by atoms with E-state index in [2.05, 4.69) is 26.6 Å². The molecule has 1 aliphatic carbocycles. The number of nitrogens with two attached hydrogens (primary N) is 1. The number of nitrogens with one attached hydrogen (secondary N) is 2. The van der Waals surface area contributed by atoms with Gasteiger partial charge >= 0.3 is 0 Å². The third kappa shape index (κ3) is 5.02. The van der Waals surface area contributed by atoms with Crippen molar-refractivity contribution in [1.29, 1.82) is 0 Å². The molecule has 0 spiro atoms. The average molecular weight is 602 g/mol. The van der Waals surface area contributed by atoms with Gasteiger partial charge in [-0.05, 0) is 82.5 Å². The van der Waals surface area contributed by atoms with Gasteiger partial charge in [0.2, 0.25) is 5.91 Å². The van der Waals surface area contributed by atoms with Gasteiger partial charge in [0.15, 0.2) is 0 Å². The Morgan fingerprint density at radius 1 is 0.971 bits per heavy atom. The molecule has 0 aromatic heterocycles. The maximum Gasteiger partial charge on any atom is 0.257 e. The summed E-state index contributed by atoms with van der Waals surface area (Å²) in [5.41, 5.74) is 9.16. The molecular formula is C24H18BrCl4N3O2. The molecular weight excluding hydrogens is 584 g/mol. The first-order chi connectivity index (χ1) is 16.0. The molecule has 2 unspecified atom stereocenters. The Balaban J connectivity index is 1.51. The smallest absolute Gasteiger partial charge is 0.257 e. The van der Waals surface area contributed by atoms with Gasteiger partial charge in [0.05, 0.1) is 21.5 Å². The summed E-state index contributed by atoms with van der Waals surface area (Å²) < 4.78 is -0.581. The van der Waals surface area contributed by atoms with Crippen molar-refractivity contribution in [3.63, 3.8) is 0 Å². The normalized spacial score (nSPS) is 18.3. The molecule has 1 aliphatic rings. The number of carbonyl (C=O) groups is 2. The molecule has 4 rings (SSSR count). The number of halogens is 5. The molecule has 4 N–H and O–H groups in total. The zero-order valence-corrected chi connectivity index (χ0v) is 22.2. The van der Waals surface area contributed by atoms with Crippen molar-refractivity contribution >= 4 is 91.2 Å². The maximum atomic E-state index is 13.0. The van der Waals surface area contributed by atoms with Crippen LogP contribution in [0.15, 0.2) is 59.1 Å². The highest BCUT2D eigenvalue weighted by Gasteiger charge is 2.67. The summed E-state index contributed by atoms with van der Waals surface area (Å²) in [6.45, 7) is 1.83. The number of amides is 2.